The summed E-state index contributed by atoms with van der Waals surface area (Å²) in [4.78, 5) is 13.1. The van der Waals surface area contributed by atoms with Crippen LogP contribution in [0.3, 0.4) is 0 Å². The largest absolute Gasteiger partial charge is 0.401 e. The predicted molar refractivity (Wildman–Crippen MR) is 142 cm³/mol. The van der Waals surface area contributed by atoms with Crippen molar-refractivity contribution in [1.29, 1.82) is 0 Å². The Hall–Kier alpha value is -0.380. The summed E-state index contributed by atoms with van der Waals surface area (Å²) in [6.45, 7) is 3.17. The molecule has 0 radical (unpaired) electrons. The molecule has 38 heavy (non-hydrogen) atoms. The van der Waals surface area contributed by atoms with Gasteiger partial charge in [0, 0.05) is 0 Å². The van der Waals surface area contributed by atoms with Crippen LogP contribution >= 0.6 is 23.4 Å². The summed E-state index contributed by atoms with van der Waals surface area (Å²) in [6.07, 6.45) is -2.50. The second-order valence-electron chi connectivity index (χ2n) is 10.2. The number of halogens is 4. The molecule has 2 aliphatic rings. The van der Waals surface area contributed by atoms with Crippen molar-refractivity contribution in [3.05, 3.63) is 0 Å². The van der Waals surface area contributed by atoms with Crippen LogP contribution in [0.4, 0.5) is 13.2 Å². The standard InChI is InChI=1S/C24H44ClF3N4O5S/c1-14(25)17(21-19(34)18(33)20(35)23(37-21)38-2)32-22(36)16-7-6-15(8-12-31-16)5-3-9-29-10-4-11-30-13-24(26,27)28/h14-21,23,29-31,33-35H,3-13H2,1-2H3,(H,32,36)/t14-,15-,16-,17+,18?,19?,20+,21+,23?/m0/s1. The van der Waals surface area contributed by atoms with Crippen molar-refractivity contribution in [2.45, 2.75) is 98.9 Å². The minimum absolute atomic E-state index is 0.249. The Morgan fingerprint density at radius 2 is 1.76 bits per heavy atom. The number of carbonyl (C=O) groups excluding carboxylic acids is 1. The third-order valence-electron chi connectivity index (χ3n) is 7.12. The highest BCUT2D eigenvalue weighted by Gasteiger charge is 2.48. The van der Waals surface area contributed by atoms with Crippen LogP contribution in [0.2, 0.25) is 0 Å². The molecule has 9 atom stereocenters. The van der Waals surface area contributed by atoms with Gasteiger partial charge in [-0.2, -0.15) is 13.2 Å². The fourth-order valence-corrected chi connectivity index (χ4v) is 5.81. The summed E-state index contributed by atoms with van der Waals surface area (Å²) in [6, 6.07) is -1.20. The quantitative estimate of drug-likeness (QED) is 0.116. The lowest BCUT2D eigenvalue weighted by molar-refractivity contribution is -0.205. The zero-order valence-corrected chi connectivity index (χ0v) is 23.6. The Balaban J connectivity index is 1.73. The summed E-state index contributed by atoms with van der Waals surface area (Å²) >= 11 is 7.56. The van der Waals surface area contributed by atoms with Crippen LogP contribution in [0.5, 0.6) is 0 Å². The van der Waals surface area contributed by atoms with Crippen molar-refractivity contribution < 1.29 is 38.0 Å². The molecule has 0 saturated carbocycles. The molecule has 3 unspecified atom stereocenters. The first kappa shape index (κ1) is 33.8. The van der Waals surface area contributed by atoms with E-state index in [1.54, 1.807) is 13.2 Å². The average Bonchev–Trinajstić information content (AvgIpc) is 3.10. The number of hydrogen-bond donors (Lipinski definition) is 7. The second-order valence-corrected chi connectivity index (χ2v) is 11.8. The van der Waals surface area contributed by atoms with Crippen LogP contribution in [0.15, 0.2) is 0 Å². The number of carbonyl (C=O) groups is 1. The molecule has 2 rings (SSSR count). The summed E-state index contributed by atoms with van der Waals surface area (Å²) < 4.78 is 42.1. The number of ether oxygens (including phenoxy) is 1. The van der Waals surface area contributed by atoms with Gasteiger partial charge in [-0.1, -0.05) is 0 Å². The molecule has 9 nitrogen and oxygen atoms in total. The maximum absolute atomic E-state index is 13.1. The molecule has 0 aromatic heterocycles. The van der Waals surface area contributed by atoms with Gasteiger partial charge in [-0.15, -0.1) is 23.4 Å². The lowest BCUT2D eigenvalue weighted by Gasteiger charge is -2.44. The van der Waals surface area contributed by atoms with Crippen LogP contribution in [0, 0.1) is 5.92 Å². The van der Waals surface area contributed by atoms with Gasteiger partial charge in [-0.3, -0.25) is 4.79 Å². The van der Waals surface area contributed by atoms with E-state index in [1.165, 1.54) is 11.8 Å². The van der Waals surface area contributed by atoms with E-state index in [2.05, 4.69) is 21.3 Å². The molecule has 0 spiro atoms. The summed E-state index contributed by atoms with van der Waals surface area (Å²) in [5, 5.41) is 42.2. The van der Waals surface area contributed by atoms with Gasteiger partial charge >= 0.3 is 6.18 Å². The van der Waals surface area contributed by atoms with Crippen LogP contribution < -0.4 is 21.3 Å². The second kappa shape index (κ2) is 16.8. The number of rotatable bonds is 14. The van der Waals surface area contributed by atoms with E-state index in [4.69, 9.17) is 16.3 Å². The van der Waals surface area contributed by atoms with Crippen molar-refractivity contribution in [2.75, 3.05) is 39.0 Å². The number of aliphatic hydroxyl groups is 3. The molecular formula is C24H44ClF3N4O5S. The summed E-state index contributed by atoms with van der Waals surface area (Å²) in [7, 11) is 0. The normalized spacial score (nSPS) is 32.4. The highest BCUT2D eigenvalue weighted by molar-refractivity contribution is 7.99. The third kappa shape index (κ3) is 11.2. The highest BCUT2D eigenvalue weighted by atomic mass is 35.5. The number of nitrogens with one attached hydrogen (secondary N) is 4. The van der Waals surface area contributed by atoms with Gasteiger partial charge in [-0.25, -0.2) is 0 Å². The Morgan fingerprint density at radius 1 is 1.08 bits per heavy atom. The Labute approximate surface area is 232 Å². The SMILES string of the molecule is CSC1O[C@H]([C@H](NC(=O)[C@@H]2CC[C@H](CCCNCCCNCC(F)(F)F)CCN2)[C@H](C)Cl)C(O)C(O)[C@H]1O. The molecule has 14 heteroatoms. The first-order valence-corrected chi connectivity index (χ1v) is 15.1. The molecular weight excluding hydrogens is 549 g/mol. The van der Waals surface area contributed by atoms with E-state index in [9.17, 15) is 33.3 Å². The van der Waals surface area contributed by atoms with Gasteiger partial charge in [0.1, 0.15) is 29.9 Å². The number of alkyl halides is 4. The van der Waals surface area contributed by atoms with Crippen LogP contribution in [0.1, 0.15) is 45.4 Å². The van der Waals surface area contributed by atoms with Crippen LogP contribution in [-0.4, -0.2) is 114 Å². The molecule has 0 aliphatic carbocycles. The average molecular weight is 593 g/mol. The molecule has 7 N–H and O–H groups in total. The van der Waals surface area contributed by atoms with Crippen LogP contribution in [-0.2, 0) is 9.53 Å². The molecule has 0 aromatic carbocycles. The maximum atomic E-state index is 13.1. The van der Waals surface area contributed by atoms with Crippen molar-refractivity contribution in [3.63, 3.8) is 0 Å². The van der Waals surface area contributed by atoms with E-state index in [-0.39, 0.29) is 5.91 Å². The third-order valence-corrected chi connectivity index (χ3v) is 8.24. The topological polar surface area (TPSA) is 135 Å². The minimum Gasteiger partial charge on any atom is -0.388 e. The minimum atomic E-state index is -4.18. The zero-order valence-electron chi connectivity index (χ0n) is 22.1. The van der Waals surface area contributed by atoms with Crippen molar-refractivity contribution >= 4 is 29.3 Å². The summed E-state index contributed by atoms with van der Waals surface area (Å²) in [5.41, 5.74) is -0.759. The monoisotopic (exact) mass is 592 g/mol. The van der Waals surface area contributed by atoms with E-state index in [1.807, 2.05) is 0 Å². The highest BCUT2D eigenvalue weighted by Crippen LogP contribution is 2.30. The first-order valence-electron chi connectivity index (χ1n) is 13.3. The van der Waals surface area contributed by atoms with Gasteiger partial charge < -0.3 is 41.3 Å². The predicted octanol–water partition coefficient (Wildman–Crippen LogP) is 0.939. The van der Waals surface area contributed by atoms with Gasteiger partial charge in [0.25, 0.3) is 0 Å². The fraction of sp³-hybridized carbons (Fsp3) is 0.958. The van der Waals surface area contributed by atoms with Crippen molar-refractivity contribution in [2.24, 2.45) is 5.92 Å². The number of aliphatic hydroxyl groups excluding tert-OH is 3. The first-order chi connectivity index (χ1) is 17.9. The summed E-state index contributed by atoms with van der Waals surface area (Å²) in [5.74, 6) is 0.210. The molecule has 0 aromatic rings. The lowest BCUT2D eigenvalue weighted by Crippen LogP contribution is -2.65. The van der Waals surface area contributed by atoms with Crippen LogP contribution in [0.25, 0.3) is 0 Å². The number of hydrogen-bond acceptors (Lipinski definition) is 9. The zero-order chi connectivity index (χ0) is 28.3. The Kier molecular flexibility index (Phi) is 14.9. The van der Waals surface area contributed by atoms with Crippen molar-refractivity contribution in [3.8, 4) is 0 Å². The Morgan fingerprint density at radius 3 is 2.42 bits per heavy atom. The number of thioether (sulfide) groups is 1. The van der Waals surface area contributed by atoms with Gasteiger partial charge in [-0.05, 0) is 83.8 Å². The van der Waals surface area contributed by atoms with Gasteiger partial charge in [0.2, 0.25) is 5.91 Å². The van der Waals surface area contributed by atoms with Gasteiger partial charge in [0.15, 0.2) is 0 Å². The molecule has 224 valence electrons. The molecule has 2 heterocycles. The molecule has 2 saturated heterocycles. The smallest absolute Gasteiger partial charge is 0.388 e. The van der Waals surface area contributed by atoms with Crippen molar-refractivity contribution in [1.82, 2.24) is 21.3 Å². The maximum Gasteiger partial charge on any atom is 0.401 e. The Bertz CT molecular complexity index is 698. The fourth-order valence-electron chi connectivity index (χ4n) is 4.92. The lowest BCUT2D eigenvalue weighted by atomic mass is 9.92. The van der Waals surface area contributed by atoms with E-state index in [0.29, 0.717) is 38.4 Å². The van der Waals surface area contributed by atoms with E-state index >= 15 is 0 Å². The molecule has 1 amide bonds. The molecule has 0 bridgehead atoms. The molecule has 2 fully saturated rings. The number of amides is 1. The van der Waals surface area contributed by atoms with Gasteiger partial charge in [0.05, 0.1) is 24.0 Å². The molecule has 2 aliphatic heterocycles. The van der Waals surface area contributed by atoms with E-state index in [0.717, 1.165) is 32.2 Å². The van der Waals surface area contributed by atoms with E-state index < -0.39 is 60.0 Å².